The molecule has 0 aliphatic rings. The van der Waals surface area contributed by atoms with Crippen molar-refractivity contribution in [1.82, 2.24) is 0 Å². The van der Waals surface area contributed by atoms with E-state index in [4.69, 9.17) is 15.7 Å². The lowest BCUT2D eigenvalue weighted by molar-refractivity contribution is 0.410. The van der Waals surface area contributed by atoms with Crippen LogP contribution in [0.1, 0.15) is 23.6 Å². The molecule has 0 radical (unpaired) electrons. The highest BCUT2D eigenvalue weighted by atomic mass is 16.5. The molecule has 0 heterocycles. The molecule has 0 amide bonds. The summed E-state index contributed by atoms with van der Waals surface area (Å²) >= 11 is 0. The van der Waals surface area contributed by atoms with Crippen molar-refractivity contribution in [2.45, 2.75) is 19.4 Å². The average Bonchev–Trinajstić information content (AvgIpc) is 2.18. The molecule has 0 bridgehead atoms. The fourth-order valence-corrected chi connectivity index (χ4v) is 1.46. The van der Waals surface area contributed by atoms with E-state index in [-0.39, 0.29) is 6.04 Å². The number of nitrogens with zero attached hydrogens (tertiary/aromatic N) is 1. The number of ether oxygens (including phenoxy) is 1. The number of nitrogens with two attached hydrogens (primary N) is 1. The largest absolute Gasteiger partial charge is 0.496 e. The third kappa shape index (κ3) is 2.04. The molecule has 0 aromatic heterocycles. The normalized spacial score (nSPS) is 11.9. The lowest BCUT2D eigenvalue weighted by Crippen LogP contribution is -2.11. The molecule has 1 rings (SSSR count). The van der Waals surface area contributed by atoms with Crippen LogP contribution in [0, 0.1) is 18.3 Å². The summed E-state index contributed by atoms with van der Waals surface area (Å²) in [5, 5.41) is 8.55. The maximum Gasteiger partial charge on any atom is 0.122 e. The van der Waals surface area contributed by atoms with E-state index in [1.807, 2.05) is 25.1 Å². The maximum absolute atomic E-state index is 8.55. The Hall–Kier alpha value is -1.53. The van der Waals surface area contributed by atoms with Gasteiger partial charge in [0.15, 0.2) is 0 Å². The first-order chi connectivity index (χ1) is 6.70. The van der Waals surface area contributed by atoms with Crippen molar-refractivity contribution in [3.8, 4) is 11.8 Å². The van der Waals surface area contributed by atoms with Crippen molar-refractivity contribution < 1.29 is 4.74 Å². The maximum atomic E-state index is 8.55. The summed E-state index contributed by atoms with van der Waals surface area (Å²) in [6, 6.07) is 7.54. The molecular weight excluding hydrogens is 176 g/mol. The van der Waals surface area contributed by atoms with Gasteiger partial charge in [0.1, 0.15) is 5.75 Å². The average molecular weight is 190 g/mol. The van der Waals surface area contributed by atoms with E-state index in [0.717, 1.165) is 16.9 Å². The zero-order valence-electron chi connectivity index (χ0n) is 8.45. The van der Waals surface area contributed by atoms with Gasteiger partial charge in [0.25, 0.3) is 0 Å². The van der Waals surface area contributed by atoms with Crippen LogP contribution in [-0.2, 0) is 0 Å². The summed E-state index contributed by atoms with van der Waals surface area (Å²) in [5.74, 6) is 0.816. The quantitative estimate of drug-likeness (QED) is 0.792. The second-order valence-corrected chi connectivity index (χ2v) is 3.14. The molecule has 0 aliphatic heterocycles. The van der Waals surface area contributed by atoms with Gasteiger partial charge in [-0.25, -0.2) is 0 Å². The van der Waals surface area contributed by atoms with Crippen molar-refractivity contribution in [2.75, 3.05) is 7.11 Å². The molecule has 0 fully saturated rings. The molecule has 0 saturated carbocycles. The Labute approximate surface area is 84.1 Å². The predicted octanol–water partition coefficient (Wildman–Crippen LogP) is 1.92. The van der Waals surface area contributed by atoms with Gasteiger partial charge in [-0.05, 0) is 24.1 Å². The molecule has 0 saturated heterocycles. The van der Waals surface area contributed by atoms with Crippen LogP contribution in [0.4, 0.5) is 0 Å². The topological polar surface area (TPSA) is 59.0 Å². The lowest BCUT2D eigenvalue weighted by atomic mass is 9.99. The van der Waals surface area contributed by atoms with Gasteiger partial charge in [-0.2, -0.15) is 5.26 Å². The third-order valence-electron chi connectivity index (χ3n) is 2.26. The Morgan fingerprint density at radius 1 is 1.57 bits per heavy atom. The number of hydrogen-bond acceptors (Lipinski definition) is 3. The smallest absolute Gasteiger partial charge is 0.122 e. The minimum absolute atomic E-state index is 0.227. The Balaban J connectivity index is 3.04. The first-order valence-electron chi connectivity index (χ1n) is 4.46. The molecule has 74 valence electrons. The minimum Gasteiger partial charge on any atom is -0.496 e. The molecule has 2 N–H and O–H groups in total. The number of hydrogen-bond donors (Lipinski definition) is 1. The Kier molecular flexibility index (Phi) is 3.49. The van der Waals surface area contributed by atoms with Gasteiger partial charge in [-0.1, -0.05) is 12.1 Å². The second-order valence-electron chi connectivity index (χ2n) is 3.14. The molecule has 3 nitrogen and oxygen atoms in total. The van der Waals surface area contributed by atoms with Crippen LogP contribution in [0.3, 0.4) is 0 Å². The lowest BCUT2D eigenvalue weighted by Gasteiger charge is -2.13. The van der Waals surface area contributed by atoms with E-state index in [1.54, 1.807) is 7.11 Å². The van der Waals surface area contributed by atoms with Gasteiger partial charge >= 0.3 is 0 Å². The summed E-state index contributed by atoms with van der Waals surface area (Å²) in [6.45, 7) is 1.95. The van der Waals surface area contributed by atoms with Crippen LogP contribution in [0.25, 0.3) is 0 Å². The van der Waals surface area contributed by atoms with Crippen LogP contribution >= 0.6 is 0 Å². The van der Waals surface area contributed by atoms with Crippen LogP contribution in [-0.4, -0.2) is 7.11 Å². The number of rotatable bonds is 3. The second kappa shape index (κ2) is 4.64. The highest BCUT2D eigenvalue weighted by Crippen LogP contribution is 2.25. The summed E-state index contributed by atoms with van der Waals surface area (Å²) in [4.78, 5) is 0. The summed E-state index contributed by atoms with van der Waals surface area (Å²) < 4.78 is 5.18. The van der Waals surface area contributed by atoms with E-state index in [9.17, 15) is 0 Å². The highest BCUT2D eigenvalue weighted by molar-refractivity contribution is 5.40. The highest BCUT2D eigenvalue weighted by Gasteiger charge is 2.10. The first-order valence-corrected chi connectivity index (χ1v) is 4.46. The standard InChI is InChI=1S/C11H14N2O/c1-8-9(10(13)6-7-12)4-3-5-11(8)14-2/h3-5,10H,6,13H2,1-2H3/t10-/m0/s1. The third-order valence-corrected chi connectivity index (χ3v) is 2.26. The van der Waals surface area contributed by atoms with Crippen LogP contribution in [0.2, 0.25) is 0 Å². The Bertz CT molecular complexity index is 355. The van der Waals surface area contributed by atoms with E-state index in [1.165, 1.54) is 0 Å². The van der Waals surface area contributed by atoms with Gasteiger partial charge in [-0.15, -0.1) is 0 Å². The molecule has 0 aliphatic carbocycles. The van der Waals surface area contributed by atoms with E-state index >= 15 is 0 Å². The number of methoxy groups -OCH3 is 1. The van der Waals surface area contributed by atoms with Gasteiger partial charge in [0, 0.05) is 6.04 Å². The van der Waals surface area contributed by atoms with Gasteiger partial charge in [0.2, 0.25) is 0 Å². The Morgan fingerprint density at radius 2 is 2.29 bits per heavy atom. The fraction of sp³-hybridized carbons (Fsp3) is 0.364. The summed E-state index contributed by atoms with van der Waals surface area (Å²) in [6.07, 6.45) is 0.327. The molecular formula is C11H14N2O. The predicted molar refractivity (Wildman–Crippen MR) is 54.9 cm³/mol. The summed E-state index contributed by atoms with van der Waals surface area (Å²) in [5.41, 5.74) is 7.84. The van der Waals surface area contributed by atoms with Crippen molar-refractivity contribution in [3.05, 3.63) is 29.3 Å². The molecule has 0 spiro atoms. The molecule has 1 aromatic carbocycles. The molecule has 3 heteroatoms. The van der Waals surface area contributed by atoms with Crippen LogP contribution < -0.4 is 10.5 Å². The summed E-state index contributed by atoms with van der Waals surface area (Å²) in [7, 11) is 1.63. The zero-order chi connectivity index (χ0) is 10.6. The SMILES string of the molecule is COc1cccc([C@@H](N)CC#N)c1C. The van der Waals surface area contributed by atoms with Crippen molar-refractivity contribution in [2.24, 2.45) is 5.73 Å². The van der Waals surface area contributed by atoms with E-state index in [0.29, 0.717) is 6.42 Å². The number of benzene rings is 1. The number of nitriles is 1. The van der Waals surface area contributed by atoms with Crippen LogP contribution in [0.15, 0.2) is 18.2 Å². The molecule has 0 unspecified atom stereocenters. The molecule has 14 heavy (non-hydrogen) atoms. The fourth-order valence-electron chi connectivity index (χ4n) is 1.46. The zero-order valence-corrected chi connectivity index (χ0v) is 8.45. The van der Waals surface area contributed by atoms with E-state index < -0.39 is 0 Å². The molecule has 1 aromatic rings. The van der Waals surface area contributed by atoms with Gasteiger partial charge in [0.05, 0.1) is 19.6 Å². The minimum atomic E-state index is -0.227. The first kappa shape index (κ1) is 10.6. The monoisotopic (exact) mass is 190 g/mol. The van der Waals surface area contributed by atoms with E-state index in [2.05, 4.69) is 6.07 Å². The van der Waals surface area contributed by atoms with Gasteiger partial charge in [-0.3, -0.25) is 0 Å². The van der Waals surface area contributed by atoms with Crippen molar-refractivity contribution in [3.63, 3.8) is 0 Å². The molecule has 1 atom stereocenters. The Morgan fingerprint density at radius 3 is 2.86 bits per heavy atom. The van der Waals surface area contributed by atoms with Crippen LogP contribution in [0.5, 0.6) is 5.75 Å². The van der Waals surface area contributed by atoms with Gasteiger partial charge < -0.3 is 10.5 Å². The van der Waals surface area contributed by atoms with Crippen molar-refractivity contribution in [1.29, 1.82) is 5.26 Å². The van der Waals surface area contributed by atoms with Crippen molar-refractivity contribution >= 4 is 0 Å².